The summed E-state index contributed by atoms with van der Waals surface area (Å²) in [5, 5.41) is 9.71. The molecule has 2 atom stereocenters. The molecule has 1 aromatic carbocycles. The summed E-state index contributed by atoms with van der Waals surface area (Å²) in [7, 11) is 0. The average molecular weight is 222 g/mol. The summed E-state index contributed by atoms with van der Waals surface area (Å²) in [5.41, 5.74) is 0.793. The van der Waals surface area contributed by atoms with Crippen LogP contribution in [0.25, 0.3) is 0 Å². The van der Waals surface area contributed by atoms with Gasteiger partial charge in [0.1, 0.15) is 5.82 Å². The maximum Gasteiger partial charge on any atom is 0.126 e. The average Bonchev–Trinajstić information content (AvgIpc) is 2.46. The molecule has 1 aliphatic rings. The predicted molar refractivity (Wildman–Crippen MR) is 62.7 cm³/mol. The molecule has 2 unspecified atom stereocenters. The highest BCUT2D eigenvalue weighted by molar-refractivity contribution is 5.17. The van der Waals surface area contributed by atoms with Crippen LogP contribution in [0.15, 0.2) is 24.3 Å². The van der Waals surface area contributed by atoms with E-state index < -0.39 is 0 Å². The van der Waals surface area contributed by atoms with Gasteiger partial charge in [0.15, 0.2) is 0 Å². The molecular formula is C14H19FO. The molecule has 0 aliphatic heterocycles. The molecule has 1 aliphatic carbocycles. The largest absolute Gasteiger partial charge is 0.393 e. The first-order valence-electron chi connectivity index (χ1n) is 6.17. The van der Waals surface area contributed by atoms with Crippen LogP contribution in [-0.4, -0.2) is 11.2 Å². The topological polar surface area (TPSA) is 20.2 Å². The SMILES string of the molecule is OC1CCCCC(Cc2ccccc2F)C1. The van der Waals surface area contributed by atoms with Gasteiger partial charge in [0, 0.05) is 0 Å². The summed E-state index contributed by atoms with van der Waals surface area (Å²) in [6.45, 7) is 0. The van der Waals surface area contributed by atoms with E-state index in [1.165, 1.54) is 6.07 Å². The summed E-state index contributed by atoms with van der Waals surface area (Å²) in [6.07, 6.45) is 5.71. The van der Waals surface area contributed by atoms with Gasteiger partial charge in [-0.2, -0.15) is 0 Å². The standard InChI is InChI=1S/C14H19FO/c15-14-8-4-2-6-12(14)9-11-5-1-3-7-13(16)10-11/h2,4,6,8,11,13,16H,1,3,5,7,9-10H2. The number of aliphatic hydroxyl groups excluding tert-OH is 1. The highest BCUT2D eigenvalue weighted by atomic mass is 19.1. The molecule has 0 heterocycles. The molecule has 1 N–H and O–H groups in total. The molecule has 0 radical (unpaired) electrons. The van der Waals surface area contributed by atoms with Crippen LogP contribution in [0.2, 0.25) is 0 Å². The van der Waals surface area contributed by atoms with E-state index in [4.69, 9.17) is 0 Å². The summed E-state index contributed by atoms with van der Waals surface area (Å²) in [4.78, 5) is 0. The van der Waals surface area contributed by atoms with Crippen LogP contribution in [0.3, 0.4) is 0 Å². The van der Waals surface area contributed by atoms with Crippen LogP contribution in [0, 0.1) is 11.7 Å². The lowest BCUT2D eigenvalue weighted by Gasteiger charge is -2.16. The molecule has 2 rings (SSSR count). The lowest BCUT2D eigenvalue weighted by molar-refractivity contribution is 0.141. The highest BCUT2D eigenvalue weighted by Gasteiger charge is 2.19. The van der Waals surface area contributed by atoms with Crippen molar-refractivity contribution in [3.8, 4) is 0 Å². The quantitative estimate of drug-likeness (QED) is 0.761. The smallest absolute Gasteiger partial charge is 0.126 e. The number of rotatable bonds is 2. The second-order valence-electron chi connectivity index (χ2n) is 4.84. The Labute approximate surface area is 96.3 Å². The molecule has 2 heteroatoms. The lowest BCUT2D eigenvalue weighted by Crippen LogP contribution is -2.13. The van der Waals surface area contributed by atoms with Crippen LogP contribution in [0.4, 0.5) is 4.39 Å². The van der Waals surface area contributed by atoms with Crippen molar-refractivity contribution in [2.24, 2.45) is 5.92 Å². The summed E-state index contributed by atoms with van der Waals surface area (Å²) in [5.74, 6) is 0.329. The van der Waals surface area contributed by atoms with E-state index in [1.54, 1.807) is 6.07 Å². The fourth-order valence-corrected chi connectivity index (χ4v) is 2.59. The van der Waals surface area contributed by atoms with Crippen molar-refractivity contribution in [1.82, 2.24) is 0 Å². The molecular weight excluding hydrogens is 203 g/mol. The normalized spacial score (nSPS) is 26.4. The Morgan fingerprint density at radius 2 is 1.94 bits per heavy atom. The molecule has 1 aromatic rings. The monoisotopic (exact) mass is 222 g/mol. The summed E-state index contributed by atoms with van der Waals surface area (Å²) < 4.78 is 13.5. The van der Waals surface area contributed by atoms with Gasteiger partial charge in [0.2, 0.25) is 0 Å². The first-order chi connectivity index (χ1) is 7.75. The van der Waals surface area contributed by atoms with Crippen molar-refractivity contribution in [2.75, 3.05) is 0 Å². The van der Waals surface area contributed by atoms with E-state index in [1.807, 2.05) is 12.1 Å². The van der Waals surface area contributed by atoms with Gasteiger partial charge in [-0.25, -0.2) is 4.39 Å². The Hall–Kier alpha value is -0.890. The van der Waals surface area contributed by atoms with E-state index in [0.29, 0.717) is 5.92 Å². The molecule has 1 saturated carbocycles. The second-order valence-corrected chi connectivity index (χ2v) is 4.84. The first-order valence-corrected chi connectivity index (χ1v) is 6.17. The number of aliphatic hydroxyl groups is 1. The second kappa shape index (κ2) is 5.44. The zero-order valence-electron chi connectivity index (χ0n) is 9.53. The predicted octanol–water partition coefficient (Wildman–Crippen LogP) is 3.31. The Morgan fingerprint density at radius 3 is 2.75 bits per heavy atom. The molecule has 1 fully saturated rings. The minimum absolute atomic E-state index is 0.110. The van der Waals surface area contributed by atoms with Crippen molar-refractivity contribution in [3.05, 3.63) is 35.6 Å². The lowest BCUT2D eigenvalue weighted by atomic mass is 9.91. The maximum atomic E-state index is 13.5. The third-order valence-corrected chi connectivity index (χ3v) is 3.47. The number of benzene rings is 1. The van der Waals surface area contributed by atoms with Gasteiger partial charge in [0.25, 0.3) is 0 Å². The van der Waals surface area contributed by atoms with E-state index in [0.717, 1.165) is 44.1 Å². The minimum Gasteiger partial charge on any atom is -0.393 e. The Morgan fingerprint density at radius 1 is 1.19 bits per heavy atom. The summed E-state index contributed by atoms with van der Waals surface area (Å²) >= 11 is 0. The molecule has 1 nitrogen and oxygen atoms in total. The maximum absolute atomic E-state index is 13.5. The fourth-order valence-electron chi connectivity index (χ4n) is 2.59. The van der Waals surface area contributed by atoms with E-state index >= 15 is 0 Å². The van der Waals surface area contributed by atoms with Gasteiger partial charge >= 0.3 is 0 Å². The van der Waals surface area contributed by atoms with Crippen molar-refractivity contribution in [1.29, 1.82) is 0 Å². The van der Waals surface area contributed by atoms with Crippen LogP contribution in [-0.2, 0) is 6.42 Å². The summed E-state index contributed by atoms with van der Waals surface area (Å²) in [6, 6.07) is 6.97. The zero-order valence-corrected chi connectivity index (χ0v) is 9.53. The molecule has 0 aromatic heterocycles. The molecule has 0 bridgehead atoms. The van der Waals surface area contributed by atoms with E-state index in [-0.39, 0.29) is 11.9 Å². The van der Waals surface area contributed by atoms with Crippen LogP contribution in [0.5, 0.6) is 0 Å². The van der Waals surface area contributed by atoms with Crippen LogP contribution < -0.4 is 0 Å². The van der Waals surface area contributed by atoms with Crippen molar-refractivity contribution >= 4 is 0 Å². The Bertz CT molecular complexity index is 337. The van der Waals surface area contributed by atoms with Gasteiger partial charge in [-0.3, -0.25) is 0 Å². The van der Waals surface area contributed by atoms with Crippen molar-refractivity contribution < 1.29 is 9.50 Å². The molecule has 0 spiro atoms. The minimum atomic E-state index is -0.181. The van der Waals surface area contributed by atoms with Gasteiger partial charge in [-0.05, 0) is 36.8 Å². The van der Waals surface area contributed by atoms with E-state index in [9.17, 15) is 9.50 Å². The molecule has 88 valence electrons. The number of hydrogen-bond acceptors (Lipinski definition) is 1. The first kappa shape index (κ1) is 11.6. The van der Waals surface area contributed by atoms with Gasteiger partial charge in [0.05, 0.1) is 6.10 Å². The van der Waals surface area contributed by atoms with Gasteiger partial charge < -0.3 is 5.11 Å². The van der Waals surface area contributed by atoms with Crippen molar-refractivity contribution in [3.63, 3.8) is 0 Å². The van der Waals surface area contributed by atoms with Gasteiger partial charge in [-0.1, -0.05) is 37.5 Å². The fraction of sp³-hybridized carbons (Fsp3) is 0.571. The molecule has 0 saturated heterocycles. The van der Waals surface area contributed by atoms with Crippen molar-refractivity contribution in [2.45, 2.75) is 44.6 Å². The highest BCUT2D eigenvalue weighted by Crippen LogP contribution is 2.27. The van der Waals surface area contributed by atoms with E-state index in [2.05, 4.69) is 0 Å². The third-order valence-electron chi connectivity index (χ3n) is 3.47. The Kier molecular flexibility index (Phi) is 3.94. The molecule has 16 heavy (non-hydrogen) atoms. The zero-order chi connectivity index (χ0) is 11.4. The van der Waals surface area contributed by atoms with Crippen LogP contribution in [0.1, 0.15) is 37.7 Å². The number of halogens is 1. The Balaban J connectivity index is 2.00. The third kappa shape index (κ3) is 3.05. The molecule has 0 amide bonds. The van der Waals surface area contributed by atoms with Crippen LogP contribution >= 0.6 is 0 Å². The number of hydrogen-bond donors (Lipinski definition) is 1. The van der Waals surface area contributed by atoms with Gasteiger partial charge in [-0.15, -0.1) is 0 Å².